The van der Waals surface area contributed by atoms with Crippen LogP contribution in [0.2, 0.25) is 0 Å². The zero-order chi connectivity index (χ0) is 16.0. The summed E-state index contributed by atoms with van der Waals surface area (Å²) in [5.74, 6) is -0.907. The van der Waals surface area contributed by atoms with Gasteiger partial charge in [-0.1, -0.05) is 13.3 Å². The van der Waals surface area contributed by atoms with Crippen LogP contribution in [0.5, 0.6) is 11.5 Å². The van der Waals surface area contributed by atoms with Crippen molar-refractivity contribution in [3.05, 3.63) is 27.8 Å². The van der Waals surface area contributed by atoms with Gasteiger partial charge in [0.15, 0.2) is 17.6 Å². The van der Waals surface area contributed by atoms with Gasteiger partial charge in [0.2, 0.25) is 0 Å². The van der Waals surface area contributed by atoms with E-state index in [1.165, 1.54) is 13.2 Å². The lowest BCUT2D eigenvalue weighted by atomic mass is 10.1. The van der Waals surface area contributed by atoms with E-state index in [4.69, 9.17) is 20.3 Å². The number of hydrogen-bond acceptors (Lipinski definition) is 6. The van der Waals surface area contributed by atoms with Gasteiger partial charge in [-0.25, -0.2) is 4.79 Å². The van der Waals surface area contributed by atoms with E-state index in [1.54, 1.807) is 0 Å². The number of ether oxygens (including phenoxy) is 2. The van der Waals surface area contributed by atoms with Crippen LogP contribution in [0.3, 0.4) is 0 Å². The first kappa shape index (κ1) is 16.7. The molecule has 1 atom stereocenters. The van der Waals surface area contributed by atoms with Crippen LogP contribution in [0, 0.1) is 10.1 Å². The maximum atomic E-state index is 11.1. The Hall–Kier alpha value is -2.35. The molecule has 0 aromatic heterocycles. The van der Waals surface area contributed by atoms with E-state index in [0.29, 0.717) is 6.42 Å². The topological polar surface area (TPSA) is 125 Å². The third-order valence-electron chi connectivity index (χ3n) is 2.88. The summed E-state index contributed by atoms with van der Waals surface area (Å²) in [6.45, 7) is 1.78. The Bertz CT molecular complexity index is 532. The number of nitrogens with zero attached hydrogens (tertiary/aromatic N) is 1. The van der Waals surface area contributed by atoms with Crippen LogP contribution in [-0.2, 0) is 11.3 Å². The van der Waals surface area contributed by atoms with Crippen LogP contribution in [0.25, 0.3) is 0 Å². The molecule has 1 rings (SSSR count). The van der Waals surface area contributed by atoms with Crippen LogP contribution in [0.4, 0.5) is 5.69 Å². The molecule has 0 aliphatic heterocycles. The van der Waals surface area contributed by atoms with Crippen molar-refractivity contribution in [1.82, 2.24) is 0 Å². The molecule has 0 aliphatic rings. The number of rotatable bonds is 8. The van der Waals surface area contributed by atoms with Gasteiger partial charge in [-0.2, -0.15) is 0 Å². The lowest BCUT2D eigenvalue weighted by Crippen LogP contribution is -2.27. The van der Waals surface area contributed by atoms with E-state index in [9.17, 15) is 14.9 Å². The van der Waals surface area contributed by atoms with Crippen molar-refractivity contribution < 1.29 is 24.3 Å². The van der Waals surface area contributed by atoms with Gasteiger partial charge in [-0.15, -0.1) is 0 Å². The van der Waals surface area contributed by atoms with E-state index in [0.717, 1.165) is 6.07 Å². The normalized spacial score (nSPS) is 11.8. The largest absolute Gasteiger partial charge is 0.493 e. The van der Waals surface area contributed by atoms with Gasteiger partial charge in [-0.05, 0) is 12.5 Å². The van der Waals surface area contributed by atoms with Crippen LogP contribution in [0.15, 0.2) is 12.1 Å². The Kier molecular flexibility index (Phi) is 5.92. The van der Waals surface area contributed by atoms with E-state index in [-0.39, 0.29) is 35.7 Å². The number of aliphatic carboxylic acids is 1. The van der Waals surface area contributed by atoms with Gasteiger partial charge in [-0.3, -0.25) is 10.1 Å². The first-order valence-corrected chi connectivity index (χ1v) is 6.39. The second-order valence-corrected chi connectivity index (χ2v) is 4.33. The third-order valence-corrected chi connectivity index (χ3v) is 2.88. The molecule has 0 saturated heterocycles. The molecule has 21 heavy (non-hydrogen) atoms. The maximum absolute atomic E-state index is 11.1. The Morgan fingerprint density at radius 1 is 1.48 bits per heavy atom. The number of carboxylic acid groups (broad SMARTS) is 1. The molecule has 0 saturated carbocycles. The SMILES string of the molecule is CCCC(Oc1cc([N+](=O)[O-])c(CN)cc1OC)C(=O)O. The number of nitrogens with two attached hydrogens (primary N) is 1. The van der Waals surface area contributed by atoms with Crippen LogP contribution in [0.1, 0.15) is 25.3 Å². The average molecular weight is 298 g/mol. The van der Waals surface area contributed by atoms with Crippen molar-refractivity contribution >= 4 is 11.7 Å². The fraction of sp³-hybridized carbons (Fsp3) is 0.462. The molecule has 1 aromatic carbocycles. The summed E-state index contributed by atoms with van der Waals surface area (Å²) < 4.78 is 10.4. The second-order valence-electron chi connectivity index (χ2n) is 4.33. The zero-order valence-electron chi connectivity index (χ0n) is 11.9. The van der Waals surface area contributed by atoms with Gasteiger partial charge >= 0.3 is 5.97 Å². The molecule has 0 radical (unpaired) electrons. The molecule has 8 nitrogen and oxygen atoms in total. The molecule has 1 unspecified atom stereocenters. The van der Waals surface area contributed by atoms with Crippen LogP contribution in [-0.4, -0.2) is 29.2 Å². The number of methoxy groups -OCH3 is 1. The highest BCUT2D eigenvalue weighted by Crippen LogP contribution is 2.35. The minimum Gasteiger partial charge on any atom is -0.493 e. The lowest BCUT2D eigenvalue weighted by molar-refractivity contribution is -0.385. The standard InChI is InChI=1S/C13H18N2O6/c1-3-4-10(13(16)17)21-12-6-9(15(18)19)8(7-14)5-11(12)20-2/h5-6,10H,3-4,7,14H2,1-2H3,(H,16,17). The Labute approximate surface area is 121 Å². The molecule has 0 bridgehead atoms. The Morgan fingerprint density at radius 2 is 2.14 bits per heavy atom. The summed E-state index contributed by atoms with van der Waals surface area (Å²) in [6, 6.07) is 2.53. The Balaban J connectivity index is 3.23. The number of hydrogen-bond donors (Lipinski definition) is 2. The van der Waals surface area contributed by atoms with Gasteiger partial charge < -0.3 is 20.3 Å². The number of nitro groups is 1. The molecule has 1 aromatic rings. The molecule has 0 aliphatic carbocycles. The summed E-state index contributed by atoms with van der Waals surface area (Å²) >= 11 is 0. The highest BCUT2D eigenvalue weighted by atomic mass is 16.6. The van der Waals surface area contributed by atoms with Crippen molar-refractivity contribution in [2.45, 2.75) is 32.4 Å². The molecule has 3 N–H and O–H groups in total. The fourth-order valence-corrected chi connectivity index (χ4v) is 1.82. The van der Waals surface area contributed by atoms with Gasteiger partial charge in [0.05, 0.1) is 18.1 Å². The molecule has 8 heteroatoms. The van der Waals surface area contributed by atoms with E-state index in [2.05, 4.69) is 0 Å². The van der Waals surface area contributed by atoms with E-state index in [1.807, 2.05) is 6.92 Å². The first-order valence-electron chi connectivity index (χ1n) is 6.39. The van der Waals surface area contributed by atoms with Crippen molar-refractivity contribution in [2.75, 3.05) is 7.11 Å². The number of carbonyl (C=O) groups is 1. The highest BCUT2D eigenvalue weighted by Gasteiger charge is 2.24. The summed E-state index contributed by atoms with van der Waals surface area (Å²) in [5.41, 5.74) is 5.52. The predicted molar refractivity (Wildman–Crippen MR) is 74.5 cm³/mol. The number of benzene rings is 1. The van der Waals surface area contributed by atoms with E-state index < -0.39 is 17.0 Å². The monoisotopic (exact) mass is 298 g/mol. The number of nitro benzene ring substituents is 1. The predicted octanol–water partition coefficient (Wildman–Crippen LogP) is 1.69. The minimum atomic E-state index is -1.13. The maximum Gasteiger partial charge on any atom is 0.344 e. The lowest BCUT2D eigenvalue weighted by Gasteiger charge is -2.17. The highest BCUT2D eigenvalue weighted by molar-refractivity contribution is 5.73. The summed E-state index contributed by atoms with van der Waals surface area (Å²) in [5, 5.41) is 20.1. The molecular formula is C13H18N2O6. The minimum absolute atomic E-state index is 0.0160. The number of carboxylic acids is 1. The van der Waals surface area contributed by atoms with Gasteiger partial charge in [0, 0.05) is 12.1 Å². The van der Waals surface area contributed by atoms with Crippen molar-refractivity contribution in [1.29, 1.82) is 0 Å². The summed E-state index contributed by atoms with van der Waals surface area (Å²) in [4.78, 5) is 21.5. The van der Waals surface area contributed by atoms with Crippen LogP contribution < -0.4 is 15.2 Å². The zero-order valence-corrected chi connectivity index (χ0v) is 11.9. The van der Waals surface area contributed by atoms with Gasteiger partial charge in [0.1, 0.15) is 0 Å². The Morgan fingerprint density at radius 3 is 2.57 bits per heavy atom. The molecule has 0 spiro atoms. The van der Waals surface area contributed by atoms with Crippen molar-refractivity contribution in [3.8, 4) is 11.5 Å². The molecule has 0 amide bonds. The van der Waals surface area contributed by atoms with E-state index >= 15 is 0 Å². The van der Waals surface area contributed by atoms with Crippen LogP contribution >= 0.6 is 0 Å². The molecule has 116 valence electrons. The van der Waals surface area contributed by atoms with Crippen molar-refractivity contribution in [2.24, 2.45) is 5.73 Å². The molecular weight excluding hydrogens is 280 g/mol. The summed E-state index contributed by atoms with van der Waals surface area (Å²) in [7, 11) is 1.36. The molecule has 0 heterocycles. The third kappa shape index (κ3) is 4.06. The van der Waals surface area contributed by atoms with Crippen molar-refractivity contribution in [3.63, 3.8) is 0 Å². The smallest absolute Gasteiger partial charge is 0.344 e. The molecule has 0 fully saturated rings. The first-order chi connectivity index (χ1) is 9.94. The van der Waals surface area contributed by atoms with Gasteiger partial charge in [0.25, 0.3) is 5.69 Å². The fourth-order valence-electron chi connectivity index (χ4n) is 1.82. The quantitative estimate of drug-likeness (QED) is 0.552. The second kappa shape index (κ2) is 7.44. The summed E-state index contributed by atoms with van der Waals surface area (Å²) in [6.07, 6.45) is -0.208. The average Bonchev–Trinajstić information content (AvgIpc) is 2.45.